The number of aliphatic imine (C=N–C) groups is 1. The van der Waals surface area contributed by atoms with E-state index in [9.17, 15) is 9.18 Å². The SMILES string of the molecule is CC(C)c1ccc(NC(=NCC2CCCO2)NC(=O)c2ccc(F)cc2)cc1. The number of rotatable bonds is 5. The van der Waals surface area contributed by atoms with Gasteiger partial charge in [-0.3, -0.25) is 10.1 Å². The molecule has 1 aliphatic rings. The maximum absolute atomic E-state index is 13.1. The summed E-state index contributed by atoms with van der Waals surface area (Å²) in [5, 5.41) is 5.95. The summed E-state index contributed by atoms with van der Waals surface area (Å²) in [5.74, 6) is 0.0617. The number of ether oxygens (including phenoxy) is 1. The van der Waals surface area contributed by atoms with Crippen molar-refractivity contribution < 1.29 is 13.9 Å². The van der Waals surface area contributed by atoms with Crippen LogP contribution in [0.3, 0.4) is 0 Å². The molecule has 2 aromatic rings. The Morgan fingerprint density at radius 2 is 1.89 bits per heavy atom. The predicted molar refractivity (Wildman–Crippen MR) is 109 cm³/mol. The van der Waals surface area contributed by atoms with Crippen LogP contribution in [0.4, 0.5) is 10.1 Å². The topological polar surface area (TPSA) is 62.7 Å². The van der Waals surface area contributed by atoms with Crippen molar-refractivity contribution in [2.75, 3.05) is 18.5 Å². The summed E-state index contributed by atoms with van der Waals surface area (Å²) in [6, 6.07) is 13.4. The highest BCUT2D eigenvalue weighted by molar-refractivity contribution is 6.09. The fourth-order valence-corrected chi connectivity index (χ4v) is 2.96. The first kappa shape index (κ1) is 20.0. The molecule has 1 aliphatic heterocycles. The zero-order valence-electron chi connectivity index (χ0n) is 16.2. The molecule has 5 nitrogen and oxygen atoms in total. The van der Waals surface area contributed by atoms with Gasteiger partial charge in [0.25, 0.3) is 5.91 Å². The number of carbonyl (C=O) groups is 1. The molecule has 2 aromatic carbocycles. The average molecular weight is 383 g/mol. The number of hydrogen-bond acceptors (Lipinski definition) is 3. The lowest BCUT2D eigenvalue weighted by molar-refractivity contribution is 0.0975. The number of halogens is 1. The van der Waals surface area contributed by atoms with Crippen LogP contribution in [0.15, 0.2) is 53.5 Å². The van der Waals surface area contributed by atoms with E-state index in [1.165, 1.54) is 29.8 Å². The molecule has 2 N–H and O–H groups in total. The highest BCUT2D eigenvalue weighted by Gasteiger charge is 2.16. The van der Waals surface area contributed by atoms with E-state index < -0.39 is 0 Å². The average Bonchev–Trinajstić information content (AvgIpc) is 3.20. The normalized spacial score (nSPS) is 17.0. The summed E-state index contributed by atoms with van der Waals surface area (Å²) < 4.78 is 18.7. The monoisotopic (exact) mass is 383 g/mol. The van der Waals surface area contributed by atoms with Crippen molar-refractivity contribution in [3.05, 3.63) is 65.5 Å². The fraction of sp³-hybridized carbons (Fsp3) is 0.364. The quantitative estimate of drug-likeness (QED) is 0.597. The van der Waals surface area contributed by atoms with Crippen LogP contribution in [0.25, 0.3) is 0 Å². The van der Waals surface area contributed by atoms with Crippen molar-refractivity contribution in [3.8, 4) is 0 Å². The Bertz CT molecular complexity index is 811. The van der Waals surface area contributed by atoms with Crippen LogP contribution < -0.4 is 10.6 Å². The maximum atomic E-state index is 13.1. The Kier molecular flexibility index (Phi) is 6.76. The molecule has 28 heavy (non-hydrogen) atoms. The summed E-state index contributed by atoms with van der Waals surface area (Å²) >= 11 is 0. The standard InChI is InChI=1S/C22H26FN3O2/c1-15(2)16-7-11-19(12-8-16)25-22(24-14-20-4-3-13-28-20)26-21(27)17-5-9-18(23)10-6-17/h5-12,15,20H,3-4,13-14H2,1-2H3,(H2,24,25,26,27). The molecule has 0 radical (unpaired) electrons. The number of anilines is 1. The van der Waals surface area contributed by atoms with Crippen molar-refractivity contribution >= 4 is 17.6 Å². The minimum absolute atomic E-state index is 0.0721. The van der Waals surface area contributed by atoms with E-state index in [4.69, 9.17) is 4.74 Å². The van der Waals surface area contributed by atoms with Gasteiger partial charge in [-0.2, -0.15) is 0 Å². The van der Waals surface area contributed by atoms with Crippen molar-refractivity contribution in [2.45, 2.75) is 38.7 Å². The number of nitrogens with one attached hydrogen (secondary N) is 2. The lowest BCUT2D eigenvalue weighted by Gasteiger charge is -2.14. The number of benzene rings is 2. The highest BCUT2D eigenvalue weighted by Crippen LogP contribution is 2.17. The van der Waals surface area contributed by atoms with Crippen LogP contribution >= 0.6 is 0 Å². The first-order valence-electron chi connectivity index (χ1n) is 9.61. The van der Waals surface area contributed by atoms with Gasteiger partial charge in [-0.05, 0) is 60.7 Å². The molecule has 1 atom stereocenters. The van der Waals surface area contributed by atoms with Crippen LogP contribution in [-0.4, -0.2) is 31.1 Å². The van der Waals surface area contributed by atoms with Gasteiger partial charge in [0.05, 0.1) is 12.6 Å². The maximum Gasteiger partial charge on any atom is 0.257 e. The molecule has 0 aromatic heterocycles. The second-order valence-corrected chi connectivity index (χ2v) is 7.19. The van der Waals surface area contributed by atoms with Gasteiger partial charge >= 0.3 is 0 Å². The second kappa shape index (κ2) is 9.46. The molecular formula is C22H26FN3O2. The first-order valence-corrected chi connectivity index (χ1v) is 9.61. The fourth-order valence-electron chi connectivity index (χ4n) is 2.96. The van der Waals surface area contributed by atoms with E-state index in [2.05, 4.69) is 29.5 Å². The lowest BCUT2D eigenvalue weighted by atomic mass is 10.0. The molecule has 3 rings (SSSR count). The number of hydrogen-bond donors (Lipinski definition) is 2. The molecule has 0 bridgehead atoms. The van der Waals surface area contributed by atoms with Gasteiger partial charge in [-0.1, -0.05) is 26.0 Å². The zero-order chi connectivity index (χ0) is 19.9. The first-order chi connectivity index (χ1) is 13.5. The molecular weight excluding hydrogens is 357 g/mol. The molecule has 6 heteroatoms. The van der Waals surface area contributed by atoms with E-state index in [0.29, 0.717) is 24.0 Å². The predicted octanol–water partition coefficient (Wildman–Crippen LogP) is 4.33. The molecule has 0 saturated carbocycles. The number of nitrogens with zero attached hydrogens (tertiary/aromatic N) is 1. The smallest absolute Gasteiger partial charge is 0.257 e. The minimum atomic E-state index is -0.382. The Balaban J connectivity index is 1.72. The minimum Gasteiger partial charge on any atom is -0.376 e. The molecule has 1 unspecified atom stereocenters. The van der Waals surface area contributed by atoms with Crippen LogP contribution in [-0.2, 0) is 4.74 Å². The lowest BCUT2D eigenvalue weighted by Crippen LogP contribution is -2.36. The Morgan fingerprint density at radius 3 is 2.50 bits per heavy atom. The van der Waals surface area contributed by atoms with Gasteiger partial charge in [-0.25, -0.2) is 9.38 Å². The molecule has 148 valence electrons. The van der Waals surface area contributed by atoms with E-state index >= 15 is 0 Å². The van der Waals surface area contributed by atoms with Gasteiger partial charge in [0.15, 0.2) is 0 Å². The molecule has 1 heterocycles. The highest BCUT2D eigenvalue weighted by atomic mass is 19.1. The van der Waals surface area contributed by atoms with Gasteiger partial charge in [0.1, 0.15) is 5.82 Å². The van der Waals surface area contributed by atoms with Crippen molar-refractivity contribution in [1.82, 2.24) is 5.32 Å². The van der Waals surface area contributed by atoms with E-state index in [-0.39, 0.29) is 17.8 Å². The summed E-state index contributed by atoms with van der Waals surface area (Å²) in [6.45, 7) is 5.50. The second-order valence-electron chi connectivity index (χ2n) is 7.19. The van der Waals surface area contributed by atoms with Crippen molar-refractivity contribution in [2.24, 2.45) is 4.99 Å². The van der Waals surface area contributed by atoms with E-state index in [1.54, 1.807) is 0 Å². The molecule has 0 aliphatic carbocycles. The summed E-state index contributed by atoms with van der Waals surface area (Å²) in [7, 11) is 0. The van der Waals surface area contributed by atoms with Gasteiger partial charge < -0.3 is 10.1 Å². The number of guanidine groups is 1. The molecule has 1 fully saturated rings. The molecule has 1 amide bonds. The van der Waals surface area contributed by atoms with Crippen molar-refractivity contribution in [1.29, 1.82) is 0 Å². The van der Waals surface area contributed by atoms with Gasteiger partial charge in [-0.15, -0.1) is 0 Å². The van der Waals surface area contributed by atoms with Crippen molar-refractivity contribution in [3.63, 3.8) is 0 Å². The summed E-state index contributed by atoms with van der Waals surface area (Å²) in [5.41, 5.74) is 2.43. The third-order valence-corrected chi connectivity index (χ3v) is 4.66. The van der Waals surface area contributed by atoms with Crippen LogP contribution in [0.2, 0.25) is 0 Å². The third kappa shape index (κ3) is 5.63. The number of amides is 1. The third-order valence-electron chi connectivity index (χ3n) is 4.66. The Morgan fingerprint density at radius 1 is 1.18 bits per heavy atom. The summed E-state index contributed by atoms with van der Waals surface area (Å²) in [6.07, 6.45) is 2.07. The Labute approximate surface area is 165 Å². The summed E-state index contributed by atoms with van der Waals surface area (Å²) in [4.78, 5) is 17.0. The largest absolute Gasteiger partial charge is 0.376 e. The van der Waals surface area contributed by atoms with E-state index in [1.807, 2.05) is 24.3 Å². The molecule has 1 saturated heterocycles. The van der Waals surface area contributed by atoms with Gasteiger partial charge in [0.2, 0.25) is 5.96 Å². The van der Waals surface area contributed by atoms with Gasteiger partial charge in [0, 0.05) is 17.9 Å². The van der Waals surface area contributed by atoms with Crippen LogP contribution in [0.1, 0.15) is 48.5 Å². The number of carbonyl (C=O) groups excluding carboxylic acids is 1. The zero-order valence-corrected chi connectivity index (χ0v) is 16.2. The molecule has 0 spiro atoms. The van der Waals surface area contributed by atoms with E-state index in [0.717, 1.165) is 25.1 Å². The Hall–Kier alpha value is -2.73. The van der Waals surface area contributed by atoms with Crippen LogP contribution in [0.5, 0.6) is 0 Å². The van der Waals surface area contributed by atoms with Crippen LogP contribution in [0, 0.1) is 5.82 Å².